The Kier molecular flexibility index (Phi) is 9.48. The Hall–Kier alpha value is -3.56. The Labute approximate surface area is 240 Å². The summed E-state index contributed by atoms with van der Waals surface area (Å²) < 4.78 is 5.59. The topological polar surface area (TPSA) is 56.6 Å². The van der Waals surface area contributed by atoms with Crippen molar-refractivity contribution < 1.29 is 9.53 Å². The molecule has 4 rings (SSSR count). The molecule has 1 amide bonds. The lowest BCUT2D eigenvalue weighted by molar-refractivity contribution is 0.0781. The van der Waals surface area contributed by atoms with E-state index < -0.39 is 0 Å². The molecule has 0 fully saturated rings. The van der Waals surface area contributed by atoms with E-state index in [-0.39, 0.29) is 11.8 Å². The van der Waals surface area contributed by atoms with Crippen LogP contribution in [-0.4, -0.2) is 50.0 Å². The van der Waals surface area contributed by atoms with Gasteiger partial charge in [0, 0.05) is 26.1 Å². The second kappa shape index (κ2) is 13.0. The smallest absolute Gasteiger partial charge is 0.258 e. The second-order valence-electron chi connectivity index (χ2n) is 9.73. The molecule has 0 saturated heterocycles. The Morgan fingerprint density at radius 1 is 0.974 bits per heavy atom. The number of nitriles is 1. The average molecular weight is 561 g/mol. The quantitative estimate of drug-likeness (QED) is 0.203. The Bertz CT molecular complexity index is 1500. The summed E-state index contributed by atoms with van der Waals surface area (Å²) >= 11 is 12.6. The van der Waals surface area contributed by atoms with Crippen molar-refractivity contribution in [2.45, 2.75) is 18.9 Å². The summed E-state index contributed by atoms with van der Waals surface area (Å²) in [5, 5.41) is 12.3. The molecule has 0 heterocycles. The van der Waals surface area contributed by atoms with Crippen LogP contribution in [0.1, 0.15) is 39.4 Å². The monoisotopic (exact) mass is 559 g/mol. The first kappa shape index (κ1) is 28.4. The molecule has 0 bridgehead atoms. The molecular formula is C32H31Cl2N3O2. The number of hydrogen-bond acceptors (Lipinski definition) is 4. The van der Waals surface area contributed by atoms with Gasteiger partial charge in [-0.1, -0.05) is 83.9 Å². The van der Waals surface area contributed by atoms with Gasteiger partial charge in [0.15, 0.2) is 0 Å². The molecule has 0 aliphatic carbocycles. The highest BCUT2D eigenvalue weighted by molar-refractivity contribution is 6.42. The van der Waals surface area contributed by atoms with E-state index in [1.807, 2.05) is 54.6 Å². The number of carbonyl (C=O) groups excluding carboxylic acids is 1. The summed E-state index contributed by atoms with van der Waals surface area (Å²) in [6.07, 6.45) is 0.801. The zero-order chi connectivity index (χ0) is 27.9. The molecule has 0 aromatic heterocycles. The van der Waals surface area contributed by atoms with Gasteiger partial charge in [-0.3, -0.25) is 4.79 Å². The maximum atomic E-state index is 14.0. The molecule has 0 N–H and O–H groups in total. The molecule has 200 valence electrons. The van der Waals surface area contributed by atoms with Gasteiger partial charge in [0.05, 0.1) is 28.3 Å². The van der Waals surface area contributed by atoms with Gasteiger partial charge in [-0.2, -0.15) is 5.26 Å². The number of methoxy groups -OCH3 is 1. The lowest BCUT2D eigenvalue weighted by Crippen LogP contribution is -2.33. The van der Waals surface area contributed by atoms with Gasteiger partial charge in [-0.25, -0.2) is 0 Å². The highest BCUT2D eigenvalue weighted by atomic mass is 35.5. The fourth-order valence-corrected chi connectivity index (χ4v) is 5.23. The summed E-state index contributed by atoms with van der Waals surface area (Å²) in [5.41, 5.74) is 2.98. The lowest BCUT2D eigenvalue weighted by atomic mass is 9.94. The highest BCUT2D eigenvalue weighted by Crippen LogP contribution is 2.34. The van der Waals surface area contributed by atoms with Gasteiger partial charge in [0.25, 0.3) is 5.91 Å². The Balaban J connectivity index is 1.62. The largest absolute Gasteiger partial charge is 0.495 e. The van der Waals surface area contributed by atoms with Gasteiger partial charge >= 0.3 is 0 Å². The van der Waals surface area contributed by atoms with E-state index in [2.05, 4.69) is 30.1 Å². The number of hydrogen-bond donors (Lipinski definition) is 0. The molecule has 0 spiro atoms. The van der Waals surface area contributed by atoms with Crippen molar-refractivity contribution in [1.29, 1.82) is 5.26 Å². The minimum atomic E-state index is -0.206. The van der Waals surface area contributed by atoms with Crippen molar-refractivity contribution in [1.82, 2.24) is 9.80 Å². The molecule has 1 unspecified atom stereocenters. The normalized spacial score (nSPS) is 11.8. The third kappa shape index (κ3) is 6.72. The number of likely N-dealkylation sites (N-methyl/N-ethyl adjacent to an activating group) is 1. The van der Waals surface area contributed by atoms with Crippen LogP contribution >= 0.6 is 23.2 Å². The third-order valence-corrected chi connectivity index (χ3v) is 7.69. The SMILES string of the molecule is COc1c(C#N)cc2ccccc2c1C(=O)N(C)CC(CCN(C)Cc1ccccc1)c1ccc(Cl)c(Cl)c1. The van der Waals surface area contributed by atoms with Gasteiger partial charge in [-0.05, 0) is 60.1 Å². The average Bonchev–Trinajstić information content (AvgIpc) is 2.95. The third-order valence-electron chi connectivity index (χ3n) is 6.95. The van der Waals surface area contributed by atoms with Crippen LogP contribution in [0.4, 0.5) is 0 Å². The van der Waals surface area contributed by atoms with E-state index in [0.29, 0.717) is 33.5 Å². The predicted octanol–water partition coefficient (Wildman–Crippen LogP) is 7.40. The standard InChI is InChI=1S/C32H31Cl2N3O2/c1-36(20-22-9-5-4-6-10-22)16-15-25(23-13-14-28(33)29(34)18-23)21-37(2)32(38)30-27-12-8-7-11-24(27)17-26(19-35)31(30)39-3/h4-14,17-18,25H,15-16,20-21H2,1-3H3. The number of fused-ring (bicyclic) bond motifs is 1. The van der Waals surface area contributed by atoms with Gasteiger partial charge in [-0.15, -0.1) is 0 Å². The molecule has 1 atom stereocenters. The molecule has 7 heteroatoms. The van der Waals surface area contributed by atoms with Crippen LogP contribution in [0.3, 0.4) is 0 Å². The van der Waals surface area contributed by atoms with Crippen molar-refractivity contribution in [2.75, 3.05) is 34.3 Å². The first-order chi connectivity index (χ1) is 18.8. The van der Waals surface area contributed by atoms with Gasteiger partial charge in [0.2, 0.25) is 0 Å². The van der Waals surface area contributed by atoms with E-state index in [9.17, 15) is 10.1 Å². The molecule has 0 aliphatic heterocycles. The van der Waals surface area contributed by atoms with Crippen LogP contribution in [-0.2, 0) is 6.54 Å². The molecule has 5 nitrogen and oxygen atoms in total. The number of amides is 1. The number of ether oxygens (including phenoxy) is 1. The Morgan fingerprint density at radius 3 is 2.38 bits per heavy atom. The maximum Gasteiger partial charge on any atom is 0.258 e. The van der Waals surface area contributed by atoms with Gasteiger partial charge in [0.1, 0.15) is 11.8 Å². The van der Waals surface area contributed by atoms with Crippen molar-refractivity contribution in [3.63, 3.8) is 0 Å². The summed E-state index contributed by atoms with van der Waals surface area (Å²) in [6, 6.07) is 27.5. The van der Waals surface area contributed by atoms with Crippen LogP contribution in [0.25, 0.3) is 10.8 Å². The van der Waals surface area contributed by atoms with Crippen molar-refractivity contribution in [3.05, 3.63) is 111 Å². The zero-order valence-electron chi connectivity index (χ0n) is 22.3. The molecule has 4 aromatic rings. The predicted molar refractivity (Wildman–Crippen MR) is 159 cm³/mol. The zero-order valence-corrected chi connectivity index (χ0v) is 23.8. The minimum Gasteiger partial charge on any atom is -0.495 e. The number of benzene rings is 4. The number of nitrogens with zero attached hydrogens (tertiary/aromatic N) is 3. The van der Waals surface area contributed by atoms with E-state index in [1.54, 1.807) is 24.1 Å². The molecular weight excluding hydrogens is 529 g/mol. The molecule has 0 aliphatic rings. The highest BCUT2D eigenvalue weighted by Gasteiger charge is 2.26. The molecule has 0 radical (unpaired) electrons. The maximum absolute atomic E-state index is 14.0. The first-order valence-corrected chi connectivity index (χ1v) is 13.5. The van der Waals surface area contributed by atoms with Crippen LogP contribution in [0.2, 0.25) is 10.0 Å². The fraction of sp³-hybridized carbons (Fsp3) is 0.250. The van der Waals surface area contributed by atoms with E-state index >= 15 is 0 Å². The number of halogens is 2. The fourth-order valence-electron chi connectivity index (χ4n) is 4.92. The van der Waals surface area contributed by atoms with Crippen LogP contribution < -0.4 is 4.74 Å². The molecule has 0 saturated carbocycles. The minimum absolute atomic E-state index is 0.00310. The van der Waals surface area contributed by atoms with Gasteiger partial charge < -0.3 is 14.5 Å². The van der Waals surface area contributed by atoms with Crippen LogP contribution in [0, 0.1) is 11.3 Å². The summed E-state index contributed by atoms with van der Waals surface area (Å²) in [4.78, 5) is 17.9. The van der Waals surface area contributed by atoms with E-state index in [4.69, 9.17) is 27.9 Å². The summed E-state index contributed by atoms with van der Waals surface area (Å²) in [5.74, 6) is 0.0907. The Morgan fingerprint density at radius 2 is 1.69 bits per heavy atom. The summed E-state index contributed by atoms with van der Waals surface area (Å²) in [6.45, 7) is 2.09. The summed E-state index contributed by atoms with van der Waals surface area (Å²) in [7, 11) is 5.37. The van der Waals surface area contributed by atoms with E-state index in [1.165, 1.54) is 12.7 Å². The first-order valence-electron chi connectivity index (χ1n) is 12.7. The van der Waals surface area contributed by atoms with Crippen molar-refractivity contribution >= 4 is 39.9 Å². The lowest BCUT2D eigenvalue weighted by Gasteiger charge is -2.28. The molecule has 4 aromatic carbocycles. The number of rotatable bonds is 10. The van der Waals surface area contributed by atoms with Crippen LogP contribution in [0.5, 0.6) is 5.75 Å². The number of carbonyl (C=O) groups is 1. The second-order valence-corrected chi connectivity index (χ2v) is 10.5. The van der Waals surface area contributed by atoms with E-state index in [0.717, 1.165) is 35.8 Å². The van der Waals surface area contributed by atoms with Crippen LogP contribution in [0.15, 0.2) is 78.9 Å². The van der Waals surface area contributed by atoms with Crippen molar-refractivity contribution in [2.24, 2.45) is 0 Å². The van der Waals surface area contributed by atoms with Crippen molar-refractivity contribution in [3.8, 4) is 11.8 Å². The molecule has 39 heavy (non-hydrogen) atoms.